The first-order chi connectivity index (χ1) is 10.1. The molecule has 0 amide bonds. The Balaban J connectivity index is 1.82. The van der Waals surface area contributed by atoms with Crippen LogP contribution in [0.25, 0.3) is 0 Å². The average molecular weight is 301 g/mol. The van der Waals surface area contributed by atoms with Crippen LogP contribution in [0.2, 0.25) is 0 Å². The Hall–Kier alpha value is -1.65. The van der Waals surface area contributed by atoms with Gasteiger partial charge in [-0.1, -0.05) is 36.4 Å². The van der Waals surface area contributed by atoms with Gasteiger partial charge in [-0.2, -0.15) is 0 Å². The van der Waals surface area contributed by atoms with Crippen LogP contribution < -0.4 is 4.72 Å². The first-order valence-corrected chi connectivity index (χ1v) is 8.74. The maximum Gasteiger partial charge on any atom is 0.241 e. The predicted octanol–water partition coefficient (Wildman–Crippen LogP) is 3.21. The van der Waals surface area contributed by atoms with Crippen molar-refractivity contribution in [2.45, 2.75) is 37.1 Å². The molecule has 0 heterocycles. The number of hydrogen-bond acceptors (Lipinski definition) is 2. The van der Waals surface area contributed by atoms with Crippen molar-refractivity contribution in [3.05, 3.63) is 65.2 Å². The highest BCUT2D eigenvalue weighted by Gasteiger charge is 2.19. The van der Waals surface area contributed by atoms with Crippen molar-refractivity contribution < 1.29 is 8.42 Å². The van der Waals surface area contributed by atoms with Crippen LogP contribution in [0.1, 0.15) is 36.1 Å². The number of nitrogens with one attached hydrogen (secondary N) is 1. The number of benzene rings is 2. The average Bonchev–Trinajstić information content (AvgIpc) is 2.95. The van der Waals surface area contributed by atoms with Gasteiger partial charge >= 0.3 is 0 Å². The van der Waals surface area contributed by atoms with Gasteiger partial charge in [0.25, 0.3) is 0 Å². The van der Waals surface area contributed by atoms with Crippen molar-refractivity contribution in [2.75, 3.05) is 0 Å². The van der Waals surface area contributed by atoms with E-state index in [0.717, 1.165) is 18.4 Å². The van der Waals surface area contributed by atoms with Gasteiger partial charge in [0.2, 0.25) is 10.0 Å². The molecule has 3 rings (SSSR count). The molecular formula is C17H19NO2S. The molecule has 0 aromatic heterocycles. The summed E-state index contributed by atoms with van der Waals surface area (Å²) >= 11 is 0. The van der Waals surface area contributed by atoms with Gasteiger partial charge in [0, 0.05) is 6.04 Å². The van der Waals surface area contributed by atoms with E-state index in [9.17, 15) is 8.42 Å². The summed E-state index contributed by atoms with van der Waals surface area (Å²) in [5.41, 5.74) is 3.78. The third-order valence-electron chi connectivity index (χ3n) is 4.01. The molecule has 0 saturated carbocycles. The van der Waals surface area contributed by atoms with E-state index in [4.69, 9.17) is 0 Å². The van der Waals surface area contributed by atoms with Crippen molar-refractivity contribution >= 4 is 10.0 Å². The smallest absolute Gasteiger partial charge is 0.207 e. The molecule has 2 aromatic rings. The molecule has 4 heteroatoms. The fraction of sp³-hybridized carbons (Fsp3) is 0.294. The van der Waals surface area contributed by atoms with Gasteiger partial charge in [-0.25, -0.2) is 13.1 Å². The monoisotopic (exact) mass is 301 g/mol. The molecule has 0 aliphatic heterocycles. The first kappa shape index (κ1) is 14.3. The fourth-order valence-corrected chi connectivity index (χ4v) is 4.08. The lowest BCUT2D eigenvalue weighted by molar-refractivity contribution is 0.567. The molecule has 2 aromatic carbocycles. The number of sulfonamides is 1. The van der Waals surface area contributed by atoms with E-state index in [-0.39, 0.29) is 6.04 Å². The van der Waals surface area contributed by atoms with Gasteiger partial charge in [-0.15, -0.1) is 0 Å². The Kier molecular flexibility index (Phi) is 3.83. The number of fused-ring (bicyclic) bond motifs is 1. The second kappa shape index (κ2) is 5.62. The van der Waals surface area contributed by atoms with Crippen LogP contribution in [0.3, 0.4) is 0 Å². The lowest BCUT2D eigenvalue weighted by Gasteiger charge is -2.16. The summed E-state index contributed by atoms with van der Waals surface area (Å²) in [5.74, 6) is 0. The van der Waals surface area contributed by atoms with Crippen molar-refractivity contribution in [2.24, 2.45) is 0 Å². The molecule has 1 aliphatic carbocycles. The number of hydrogen-bond donors (Lipinski definition) is 1. The van der Waals surface area contributed by atoms with E-state index < -0.39 is 10.0 Å². The SMILES string of the molecule is C[C@@H](NS(=O)(=O)c1ccccc1)c1ccc2c(c1)CCC2. The predicted molar refractivity (Wildman–Crippen MR) is 83.6 cm³/mol. The van der Waals surface area contributed by atoms with Gasteiger partial charge < -0.3 is 0 Å². The zero-order valence-electron chi connectivity index (χ0n) is 12.0. The molecule has 0 saturated heterocycles. The molecule has 1 atom stereocenters. The zero-order chi connectivity index (χ0) is 14.9. The Morgan fingerprint density at radius 1 is 1.00 bits per heavy atom. The van der Waals surface area contributed by atoms with Gasteiger partial charge in [0.15, 0.2) is 0 Å². The summed E-state index contributed by atoms with van der Waals surface area (Å²) in [6.07, 6.45) is 3.43. The van der Waals surface area contributed by atoms with E-state index in [2.05, 4.69) is 16.9 Å². The van der Waals surface area contributed by atoms with Crippen LogP contribution in [0.15, 0.2) is 53.4 Å². The molecule has 110 valence electrons. The molecule has 1 N–H and O–H groups in total. The summed E-state index contributed by atoms with van der Waals surface area (Å²) in [6, 6.07) is 14.6. The Labute approximate surface area is 126 Å². The van der Waals surface area contributed by atoms with Crippen LogP contribution in [0, 0.1) is 0 Å². The molecule has 21 heavy (non-hydrogen) atoms. The van der Waals surface area contributed by atoms with Gasteiger partial charge in [0.05, 0.1) is 4.90 Å². The Morgan fingerprint density at radius 2 is 1.71 bits per heavy atom. The van der Waals surface area contributed by atoms with Gasteiger partial charge in [0.1, 0.15) is 0 Å². The van der Waals surface area contributed by atoms with Gasteiger partial charge in [-0.3, -0.25) is 0 Å². The molecule has 0 unspecified atom stereocenters. The highest BCUT2D eigenvalue weighted by Crippen LogP contribution is 2.26. The number of rotatable bonds is 4. The van der Waals surface area contributed by atoms with Crippen molar-refractivity contribution in [3.8, 4) is 0 Å². The quantitative estimate of drug-likeness (QED) is 0.942. The largest absolute Gasteiger partial charge is 0.241 e. The summed E-state index contributed by atoms with van der Waals surface area (Å²) in [7, 11) is -3.47. The second-order valence-corrected chi connectivity index (χ2v) is 7.25. The molecule has 0 spiro atoms. The highest BCUT2D eigenvalue weighted by molar-refractivity contribution is 7.89. The second-order valence-electron chi connectivity index (χ2n) is 5.54. The topological polar surface area (TPSA) is 46.2 Å². The standard InChI is InChI=1S/C17H19NO2S/c1-13(15-11-10-14-6-5-7-16(14)12-15)18-21(19,20)17-8-3-2-4-9-17/h2-4,8-13,18H,5-7H2,1H3/t13-/m1/s1. The van der Waals surface area contributed by atoms with Crippen LogP contribution >= 0.6 is 0 Å². The Morgan fingerprint density at radius 3 is 2.48 bits per heavy atom. The summed E-state index contributed by atoms with van der Waals surface area (Å²) < 4.78 is 27.4. The van der Waals surface area contributed by atoms with Crippen molar-refractivity contribution in [1.82, 2.24) is 4.72 Å². The maximum atomic E-state index is 12.3. The van der Waals surface area contributed by atoms with E-state index >= 15 is 0 Å². The minimum absolute atomic E-state index is 0.235. The molecule has 0 bridgehead atoms. The maximum absolute atomic E-state index is 12.3. The summed E-state index contributed by atoms with van der Waals surface area (Å²) in [6.45, 7) is 1.89. The molecule has 3 nitrogen and oxygen atoms in total. The van der Waals surface area contributed by atoms with Gasteiger partial charge in [-0.05, 0) is 55.0 Å². The highest BCUT2D eigenvalue weighted by atomic mass is 32.2. The molecule has 0 fully saturated rings. The summed E-state index contributed by atoms with van der Waals surface area (Å²) in [5, 5.41) is 0. The third kappa shape index (κ3) is 3.01. The van der Waals surface area contributed by atoms with E-state index in [1.165, 1.54) is 17.5 Å². The van der Waals surface area contributed by atoms with Crippen LogP contribution in [0.5, 0.6) is 0 Å². The van der Waals surface area contributed by atoms with E-state index in [0.29, 0.717) is 4.90 Å². The minimum atomic E-state index is -3.47. The molecule has 1 aliphatic rings. The molecule has 0 radical (unpaired) electrons. The van der Waals surface area contributed by atoms with Crippen LogP contribution in [-0.4, -0.2) is 8.42 Å². The normalized spacial score (nSPS) is 15.7. The first-order valence-electron chi connectivity index (χ1n) is 7.25. The summed E-state index contributed by atoms with van der Waals surface area (Å²) in [4.78, 5) is 0.304. The lowest BCUT2D eigenvalue weighted by Crippen LogP contribution is -2.26. The Bertz CT molecular complexity index is 739. The van der Waals surface area contributed by atoms with Crippen LogP contribution in [0.4, 0.5) is 0 Å². The zero-order valence-corrected chi connectivity index (χ0v) is 12.9. The minimum Gasteiger partial charge on any atom is -0.207 e. The van der Waals surface area contributed by atoms with E-state index in [1.807, 2.05) is 19.1 Å². The lowest BCUT2D eigenvalue weighted by atomic mass is 10.0. The molecular weight excluding hydrogens is 282 g/mol. The number of aryl methyl sites for hydroxylation is 2. The van der Waals surface area contributed by atoms with Crippen molar-refractivity contribution in [3.63, 3.8) is 0 Å². The van der Waals surface area contributed by atoms with Crippen LogP contribution in [-0.2, 0) is 22.9 Å². The van der Waals surface area contributed by atoms with E-state index in [1.54, 1.807) is 24.3 Å². The fourth-order valence-electron chi connectivity index (χ4n) is 2.83. The van der Waals surface area contributed by atoms with Crippen molar-refractivity contribution in [1.29, 1.82) is 0 Å². The third-order valence-corrected chi connectivity index (χ3v) is 5.56.